The number of nitrogens with zero attached hydrogens (tertiary/aromatic N) is 3. The molecule has 18 rings (SSSR count). The quantitative estimate of drug-likeness (QED) is 0.177. The predicted octanol–water partition coefficient (Wildman–Crippen LogP) is 16.9. The van der Waals surface area contributed by atoms with E-state index in [2.05, 4.69) is 206 Å². The molecular formula is C70H49N3. The van der Waals surface area contributed by atoms with Crippen molar-refractivity contribution in [3.05, 3.63) is 232 Å². The molecule has 9 aromatic carbocycles. The van der Waals surface area contributed by atoms with Gasteiger partial charge in [0.1, 0.15) is 0 Å². The Hall–Kier alpha value is -8.24. The molecule has 0 saturated heterocycles. The van der Waals surface area contributed by atoms with E-state index in [0.29, 0.717) is 23.7 Å². The molecule has 2 aromatic heterocycles. The molecule has 7 aliphatic rings. The smallest absolute Gasteiger partial charge is 0.0995 e. The summed E-state index contributed by atoms with van der Waals surface area (Å²) in [4.78, 5) is 0. The summed E-state index contributed by atoms with van der Waals surface area (Å²) < 4.78 is 2.53. The van der Waals surface area contributed by atoms with Crippen LogP contribution in [0.2, 0.25) is 0 Å². The lowest BCUT2D eigenvalue weighted by atomic mass is 9.32. The lowest BCUT2D eigenvalue weighted by molar-refractivity contribution is 0.166. The van der Waals surface area contributed by atoms with Gasteiger partial charge in [0.15, 0.2) is 0 Å². The van der Waals surface area contributed by atoms with Crippen LogP contribution in [-0.2, 0) is 16.2 Å². The van der Waals surface area contributed by atoms with Crippen molar-refractivity contribution in [3.8, 4) is 56.6 Å². The summed E-state index contributed by atoms with van der Waals surface area (Å²) >= 11 is 0. The van der Waals surface area contributed by atoms with E-state index >= 15 is 0 Å². The third-order valence-corrected chi connectivity index (χ3v) is 20.2. The molecule has 11 aromatic rings. The van der Waals surface area contributed by atoms with E-state index in [0.717, 1.165) is 22.2 Å². The van der Waals surface area contributed by atoms with Crippen LogP contribution in [0.25, 0.3) is 82.6 Å². The third-order valence-electron chi connectivity index (χ3n) is 20.2. The average Bonchev–Trinajstić information content (AvgIpc) is 3.93. The Morgan fingerprint density at radius 2 is 0.904 bits per heavy atom. The van der Waals surface area contributed by atoms with E-state index < -0.39 is 10.8 Å². The van der Waals surface area contributed by atoms with Gasteiger partial charge in [-0.1, -0.05) is 153 Å². The lowest BCUT2D eigenvalue weighted by Gasteiger charge is -2.68. The maximum atomic E-state index is 11.7. The minimum atomic E-state index is -0.421. The molecule has 0 N–H and O–H groups in total. The van der Waals surface area contributed by atoms with E-state index in [9.17, 15) is 10.5 Å². The van der Waals surface area contributed by atoms with Crippen molar-refractivity contribution in [3.63, 3.8) is 0 Å². The van der Waals surface area contributed by atoms with Gasteiger partial charge in [-0.05, 0) is 181 Å². The van der Waals surface area contributed by atoms with E-state index in [-0.39, 0.29) is 5.41 Å². The summed E-state index contributed by atoms with van der Waals surface area (Å²) in [6.45, 7) is 4.95. The minimum absolute atomic E-state index is 0.329. The molecule has 4 bridgehead atoms. The maximum Gasteiger partial charge on any atom is 0.0995 e. The van der Waals surface area contributed by atoms with Crippen molar-refractivity contribution in [2.75, 3.05) is 0 Å². The van der Waals surface area contributed by atoms with Crippen molar-refractivity contribution in [2.45, 2.75) is 74.0 Å². The fourth-order valence-electron chi connectivity index (χ4n) is 18.0. The lowest BCUT2D eigenvalue weighted by Crippen LogP contribution is -2.69. The molecular weight excluding hydrogens is 883 g/mol. The molecule has 5 unspecified atom stereocenters. The summed E-state index contributed by atoms with van der Waals surface area (Å²) in [6, 6.07) is 71.3. The van der Waals surface area contributed by atoms with Gasteiger partial charge in [-0.15, -0.1) is 0 Å². The second kappa shape index (κ2) is 13.6. The number of rotatable bonds is 4. The number of fused-ring (bicyclic) bond motifs is 14. The standard InChI is InChI=1S/C70H49N3/c1-68-54-22-12-14-24-56(54)70(68)57-25-15-13-23-55(57)69(70,2)66-64-53-34-47(61-50(42-18-8-4-9-19-42)31-44(41-16-6-3-7-17-41)32-51(61)43-20-10-5-11-21-43)33-52-63-58(73(67(52)53)59(64)36-49(38-72)65(66)68)35-48(37-71)60-45-27-39-26-40(28-45)30-46(29-39)62(60)63/h3-25,31-36,39-40,45-46H,26-30H2,1-2H3. The van der Waals surface area contributed by atoms with E-state index in [1.54, 1.807) is 0 Å². The molecule has 5 atom stereocenters. The summed E-state index contributed by atoms with van der Waals surface area (Å²) in [6.07, 6.45) is 6.10. The first-order valence-corrected chi connectivity index (χ1v) is 26.6. The predicted molar refractivity (Wildman–Crippen MR) is 294 cm³/mol. The van der Waals surface area contributed by atoms with Crippen LogP contribution in [-0.4, -0.2) is 4.40 Å². The first-order valence-electron chi connectivity index (χ1n) is 26.6. The van der Waals surface area contributed by atoms with Crippen LogP contribution >= 0.6 is 0 Å². The molecule has 1 spiro atoms. The molecule has 2 saturated carbocycles. The Balaban J connectivity index is 1.09. The van der Waals surface area contributed by atoms with Crippen molar-refractivity contribution in [1.29, 1.82) is 10.5 Å². The van der Waals surface area contributed by atoms with Crippen LogP contribution in [0, 0.1) is 34.5 Å². The maximum absolute atomic E-state index is 11.7. The Kier molecular flexibility index (Phi) is 7.53. The van der Waals surface area contributed by atoms with Crippen molar-refractivity contribution >= 4 is 38.1 Å². The highest BCUT2D eigenvalue weighted by Crippen LogP contribution is 2.83. The molecule has 3 nitrogen and oxygen atoms in total. The number of nitriles is 2. The molecule has 0 aliphatic heterocycles. The van der Waals surface area contributed by atoms with Gasteiger partial charge in [0.2, 0.25) is 0 Å². The van der Waals surface area contributed by atoms with Gasteiger partial charge in [0, 0.05) is 37.8 Å². The second-order valence-corrected chi connectivity index (χ2v) is 23.1. The normalized spacial score (nSPS) is 25.3. The first kappa shape index (κ1) is 40.4. The van der Waals surface area contributed by atoms with Gasteiger partial charge in [0.05, 0.1) is 39.8 Å². The summed E-state index contributed by atoms with van der Waals surface area (Å²) in [5.41, 5.74) is 24.1. The highest BCUT2D eigenvalue weighted by Gasteiger charge is 2.81. The fraction of sp³-hybridized carbons (Fsp3) is 0.200. The zero-order chi connectivity index (χ0) is 48.3. The van der Waals surface area contributed by atoms with Gasteiger partial charge in [-0.3, -0.25) is 0 Å². The summed E-state index contributed by atoms with van der Waals surface area (Å²) in [7, 11) is 0. The minimum Gasteiger partial charge on any atom is -0.308 e. The monoisotopic (exact) mass is 931 g/mol. The fourth-order valence-corrected chi connectivity index (χ4v) is 18.0. The summed E-state index contributed by atoms with van der Waals surface area (Å²) in [5, 5.41) is 28.1. The van der Waals surface area contributed by atoms with E-state index in [1.165, 1.54) is 148 Å². The van der Waals surface area contributed by atoms with Gasteiger partial charge < -0.3 is 4.40 Å². The molecule has 2 fully saturated rings. The Labute approximate surface area is 425 Å². The third kappa shape index (κ3) is 4.53. The molecule has 7 aliphatic carbocycles. The van der Waals surface area contributed by atoms with Crippen LogP contribution < -0.4 is 0 Å². The van der Waals surface area contributed by atoms with Gasteiger partial charge >= 0.3 is 0 Å². The second-order valence-electron chi connectivity index (χ2n) is 23.1. The highest BCUT2D eigenvalue weighted by atomic mass is 14.9. The Morgan fingerprint density at radius 1 is 0.438 bits per heavy atom. The molecule has 0 radical (unpaired) electrons. The SMILES string of the molecule is CC12c3ccccc3C13c1ccccc1C3(C)c1c2c(C#N)cc2c1c1cc(-c3c(-c4ccccc4)cc(-c4ccccc4)cc3-c3ccccc3)cc3c4c5c(c(C#N)cc4n2c31)C1CC2CC(C1)CC5C2. The highest BCUT2D eigenvalue weighted by molar-refractivity contribution is 6.27. The van der Waals surface area contributed by atoms with Crippen molar-refractivity contribution < 1.29 is 0 Å². The largest absolute Gasteiger partial charge is 0.308 e. The molecule has 344 valence electrons. The van der Waals surface area contributed by atoms with Crippen LogP contribution in [0.5, 0.6) is 0 Å². The Bertz CT molecular complexity index is 4300. The Morgan fingerprint density at radius 3 is 1.47 bits per heavy atom. The molecule has 0 amide bonds. The first-order chi connectivity index (χ1) is 35.9. The van der Waals surface area contributed by atoms with Gasteiger partial charge in [-0.2, -0.15) is 10.5 Å². The molecule has 73 heavy (non-hydrogen) atoms. The number of aromatic nitrogens is 1. The number of benzene rings is 9. The van der Waals surface area contributed by atoms with Gasteiger partial charge in [-0.25, -0.2) is 0 Å². The van der Waals surface area contributed by atoms with E-state index in [4.69, 9.17) is 0 Å². The van der Waals surface area contributed by atoms with Crippen LogP contribution in [0.4, 0.5) is 0 Å². The van der Waals surface area contributed by atoms with Gasteiger partial charge in [0.25, 0.3) is 0 Å². The van der Waals surface area contributed by atoms with Crippen molar-refractivity contribution in [2.24, 2.45) is 11.8 Å². The number of hydrogen-bond donors (Lipinski definition) is 0. The number of hydrogen-bond acceptors (Lipinski definition) is 2. The topological polar surface area (TPSA) is 52.0 Å². The zero-order valence-electron chi connectivity index (χ0n) is 40.9. The van der Waals surface area contributed by atoms with Crippen LogP contribution in [0.3, 0.4) is 0 Å². The summed E-state index contributed by atoms with van der Waals surface area (Å²) in [5.74, 6) is 2.22. The molecule has 2 heterocycles. The van der Waals surface area contributed by atoms with Crippen LogP contribution in [0.15, 0.2) is 176 Å². The van der Waals surface area contributed by atoms with E-state index in [1.807, 2.05) is 0 Å². The van der Waals surface area contributed by atoms with Crippen molar-refractivity contribution in [1.82, 2.24) is 4.40 Å². The zero-order valence-corrected chi connectivity index (χ0v) is 40.9. The average molecular weight is 932 g/mol. The molecule has 3 heteroatoms. The van der Waals surface area contributed by atoms with Crippen LogP contribution in [0.1, 0.15) is 113 Å².